The average molecular weight is 473 g/mol. The van der Waals surface area contributed by atoms with Crippen molar-refractivity contribution in [3.05, 3.63) is 101 Å². The number of thiazole rings is 1. The molecule has 0 saturated carbocycles. The highest BCUT2D eigenvalue weighted by Crippen LogP contribution is 2.34. The lowest BCUT2D eigenvalue weighted by Crippen LogP contribution is -2.40. The molecule has 0 bridgehead atoms. The van der Waals surface area contributed by atoms with Gasteiger partial charge in [0.25, 0.3) is 5.56 Å². The Morgan fingerprint density at radius 3 is 2.58 bits per heavy atom. The number of hydrogen-bond acceptors (Lipinski definition) is 5. The molecule has 1 aromatic heterocycles. The number of carbonyl (C=O) groups is 1. The van der Waals surface area contributed by atoms with Crippen LogP contribution in [0.25, 0.3) is 6.08 Å². The van der Waals surface area contributed by atoms with E-state index in [2.05, 4.69) is 4.99 Å². The van der Waals surface area contributed by atoms with E-state index >= 15 is 0 Å². The van der Waals surface area contributed by atoms with E-state index in [1.807, 2.05) is 18.2 Å². The second-order valence-corrected chi connectivity index (χ2v) is 8.73. The zero-order valence-electron chi connectivity index (χ0n) is 16.8. The van der Waals surface area contributed by atoms with Crippen molar-refractivity contribution in [1.82, 2.24) is 4.57 Å². The number of rotatable bonds is 4. The van der Waals surface area contributed by atoms with Gasteiger partial charge in [-0.05, 0) is 49.2 Å². The summed E-state index contributed by atoms with van der Waals surface area (Å²) >= 11 is 13.7. The maximum atomic E-state index is 13.5. The molecule has 1 aliphatic heterocycles. The molecule has 1 atom stereocenters. The van der Waals surface area contributed by atoms with Crippen LogP contribution in [0.3, 0.4) is 0 Å². The van der Waals surface area contributed by atoms with Crippen LogP contribution in [-0.4, -0.2) is 17.1 Å². The molecule has 2 heterocycles. The molecule has 8 heteroatoms. The molecule has 158 valence electrons. The van der Waals surface area contributed by atoms with Gasteiger partial charge < -0.3 is 4.74 Å². The highest BCUT2D eigenvalue weighted by Gasteiger charge is 2.34. The maximum Gasteiger partial charge on any atom is 0.338 e. The van der Waals surface area contributed by atoms with Crippen LogP contribution in [0.4, 0.5) is 0 Å². The Kier molecular flexibility index (Phi) is 6.14. The molecule has 31 heavy (non-hydrogen) atoms. The minimum atomic E-state index is -0.726. The number of esters is 1. The van der Waals surface area contributed by atoms with E-state index in [4.69, 9.17) is 27.9 Å². The topological polar surface area (TPSA) is 60.7 Å². The number of aromatic nitrogens is 1. The predicted octanol–water partition coefficient (Wildman–Crippen LogP) is 4.11. The number of allylic oxidation sites excluding steroid dienone is 1. The minimum Gasteiger partial charge on any atom is -0.463 e. The lowest BCUT2D eigenvalue weighted by atomic mass is 9.96. The van der Waals surface area contributed by atoms with Crippen molar-refractivity contribution in [1.29, 1.82) is 0 Å². The van der Waals surface area contributed by atoms with Gasteiger partial charge in [0.2, 0.25) is 0 Å². The second kappa shape index (κ2) is 8.83. The highest BCUT2D eigenvalue weighted by molar-refractivity contribution is 7.07. The lowest BCUT2D eigenvalue weighted by Gasteiger charge is -2.25. The molecular weight excluding hydrogens is 455 g/mol. The van der Waals surface area contributed by atoms with E-state index in [9.17, 15) is 9.59 Å². The summed E-state index contributed by atoms with van der Waals surface area (Å²) in [6, 6.07) is 13.6. The summed E-state index contributed by atoms with van der Waals surface area (Å²) in [5.74, 6) is -0.513. The fourth-order valence-corrected chi connectivity index (χ4v) is 4.90. The van der Waals surface area contributed by atoms with E-state index in [1.54, 1.807) is 50.3 Å². The van der Waals surface area contributed by atoms with Crippen molar-refractivity contribution < 1.29 is 9.53 Å². The molecule has 0 amide bonds. The molecule has 0 aliphatic carbocycles. The van der Waals surface area contributed by atoms with Gasteiger partial charge in [-0.15, -0.1) is 0 Å². The Balaban J connectivity index is 1.97. The second-order valence-electron chi connectivity index (χ2n) is 6.88. The molecule has 1 aliphatic rings. The average Bonchev–Trinajstić information content (AvgIpc) is 3.04. The Hall–Kier alpha value is -2.67. The zero-order chi connectivity index (χ0) is 22.1. The summed E-state index contributed by atoms with van der Waals surface area (Å²) in [6.07, 6.45) is 1.78. The van der Waals surface area contributed by atoms with E-state index in [0.29, 0.717) is 36.2 Å². The molecule has 2 aromatic carbocycles. The largest absolute Gasteiger partial charge is 0.463 e. The van der Waals surface area contributed by atoms with Crippen molar-refractivity contribution in [3.63, 3.8) is 0 Å². The first-order chi connectivity index (χ1) is 14.9. The van der Waals surface area contributed by atoms with Gasteiger partial charge in [0.05, 0.1) is 22.4 Å². The van der Waals surface area contributed by atoms with Crippen LogP contribution in [0, 0.1) is 0 Å². The van der Waals surface area contributed by atoms with Crippen LogP contribution >= 0.6 is 34.5 Å². The summed E-state index contributed by atoms with van der Waals surface area (Å²) in [7, 11) is 0. The van der Waals surface area contributed by atoms with Crippen LogP contribution in [0.15, 0.2) is 69.6 Å². The summed E-state index contributed by atoms with van der Waals surface area (Å²) in [5, 5.41) is 1.07. The zero-order valence-corrected chi connectivity index (χ0v) is 19.1. The molecule has 0 N–H and O–H groups in total. The van der Waals surface area contributed by atoms with Gasteiger partial charge in [0, 0.05) is 10.0 Å². The molecular formula is C23H18Cl2N2O3S. The van der Waals surface area contributed by atoms with Gasteiger partial charge in [-0.1, -0.05) is 64.9 Å². The van der Waals surface area contributed by atoms with Gasteiger partial charge in [-0.2, -0.15) is 0 Å². The molecule has 5 nitrogen and oxygen atoms in total. The van der Waals surface area contributed by atoms with Crippen molar-refractivity contribution in [3.8, 4) is 0 Å². The third-order valence-electron chi connectivity index (χ3n) is 4.88. The highest BCUT2D eigenvalue weighted by atomic mass is 35.5. The van der Waals surface area contributed by atoms with Gasteiger partial charge in [0.15, 0.2) is 4.80 Å². The molecule has 0 saturated heterocycles. The van der Waals surface area contributed by atoms with Crippen molar-refractivity contribution in [2.75, 3.05) is 6.61 Å². The summed E-state index contributed by atoms with van der Waals surface area (Å²) < 4.78 is 7.30. The molecule has 3 aromatic rings. The Morgan fingerprint density at radius 2 is 1.90 bits per heavy atom. The third-order valence-corrected chi connectivity index (χ3v) is 6.46. The fourth-order valence-electron chi connectivity index (χ4n) is 3.49. The van der Waals surface area contributed by atoms with Gasteiger partial charge in [-0.25, -0.2) is 9.79 Å². The van der Waals surface area contributed by atoms with Crippen LogP contribution in [0.1, 0.15) is 31.0 Å². The molecule has 0 fully saturated rings. The summed E-state index contributed by atoms with van der Waals surface area (Å²) in [4.78, 5) is 31.3. The van der Waals surface area contributed by atoms with Crippen molar-refractivity contribution >= 4 is 46.6 Å². The van der Waals surface area contributed by atoms with Crippen molar-refractivity contribution in [2.45, 2.75) is 19.9 Å². The van der Waals surface area contributed by atoms with E-state index in [0.717, 1.165) is 5.56 Å². The lowest BCUT2D eigenvalue weighted by molar-refractivity contribution is -0.139. The molecule has 0 spiro atoms. The number of halogens is 2. The van der Waals surface area contributed by atoms with Gasteiger partial charge >= 0.3 is 5.97 Å². The summed E-state index contributed by atoms with van der Waals surface area (Å²) in [5.41, 5.74) is 2.03. The predicted molar refractivity (Wildman–Crippen MR) is 123 cm³/mol. The number of hydrogen-bond donors (Lipinski definition) is 0. The number of nitrogens with zero attached hydrogens (tertiary/aromatic N) is 2. The number of carbonyl (C=O) groups excluding carboxylic acids is 1. The van der Waals surface area contributed by atoms with Gasteiger partial charge in [-0.3, -0.25) is 9.36 Å². The van der Waals surface area contributed by atoms with Crippen LogP contribution < -0.4 is 14.9 Å². The number of benzene rings is 2. The number of ether oxygens (including phenoxy) is 1. The van der Waals surface area contributed by atoms with E-state index in [-0.39, 0.29) is 12.2 Å². The molecule has 1 unspecified atom stereocenters. The Labute approximate surface area is 192 Å². The first kappa shape index (κ1) is 21.6. The first-order valence-electron chi connectivity index (χ1n) is 9.60. The monoisotopic (exact) mass is 472 g/mol. The smallest absolute Gasteiger partial charge is 0.338 e. The van der Waals surface area contributed by atoms with E-state index in [1.165, 1.54) is 15.9 Å². The Morgan fingerprint density at radius 1 is 1.19 bits per heavy atom. The van der Waals surface area contributed by atoms with Crippen LogP contribution in [0.2, 0.25) is 10.0 Å². The maximum absolute atomic E-state index is 13.5. The molecule has 0 radical (unpaired) electrons. The summed E-state index contributed by atoms with van der Waals surface area (Å²) in [6.45, 7) is 3.69. The SMILES string of the molecule is CCOC(=O)C1=C(C)N=c2sc(=Cc3ccc(Cl)cc3)c(=O)n2C1c1ccccc1Cl. The minimum absolute atomic E-state index is 0.214. The number of fused-ring (bicyclic) bond motifs is 1. The van der Waals surface area contributed by atoms with Crippen LogP contribution in [0.5, 0.6) is 0 Å². The Bertz CT molecular complexity index is 1370. The molecule has 4 rings (SSSR count). The van der Waals surface area contributed by atoms with Gasteiger partial charge in [0.1, 0.15) is 6.04 Å². The normalized spacial score (nSPS) is 16.1. The quantitative estimate of drug-likeness (QED) is 0.536. The van der Waals surface area contributed by atoms with Crippen LogP contribution in [-0.2, 0) is 9.53 Å². The standard InChI is InChI=1S/C23H18Cl2N2O3S/c1-3-30-22(29)19-13(2)26-23-27(20(19)16-6-4-5-7-17(16)25)21(28)18(31-23)12-14-8-10-15(24)11-9-14/h4-12,20H,3H2,1-2H3. The third kappa shape index (κ3) is 4.11. The fraction of sp³-hybridized carbons (Fsp3) is 0.174. The van der Waals surface area contributed by atoms with E-state index < -0.39 is 12.0 Å². The first-order valence-corrected chi connectivity index (χ1v) is 11.2. The van der Waals surface area contributed by atoms with Crippen molar-refractivity contribution in [2.24, 2.45) is 4.99 Å².